The zero-order chi connectivity index (χ0) is 13.1. The first-order valence-electron chi connectivity index (χ1n) is 5.70. The molecule has 2 unspecified atom stereocenters. The van der Waals surface area contributed by atoms with Crippen LogP contribution in [-0.4, -0.2) is 36.8 Å². The lowest BCUT2D eigenvalue weighted by molar-refractivity contribution is 0.0926. The third-order valence-corrected chi connectivity index (χ3v) is 3.66. The average molecular weight is 317 g/mol. The van der Waals surface area contributed by atoms with Crippen LogP contribution in [0.2, 0.25) is 0 Å². The van der Waals surface area contributed by atoms with Crippen molar-refractivity contribution in [2.45, 2.75) is 6.10 Å². The van der Waals surface area contributed by atoms with Gasteiger partial charge < -0.3 is 15.7 Å². The summed E-state index contributed by atoms with van der Waals surface area (Å²) in [4.78, 5) is 11.9. The lowest BCUT2D eigenvalue weighted by atomic mass is 10.1. The second kappa shape index (κ2) is 5.77. The first kappa shape index (κ1) is 13.5. The van der Waals surface area contributed by atoms with Crippen molar-refractivity contribution >= 4 is 21.8 Å². The number of halogens is 2. The van der Waals surface area contributed by atoms with Gasteiger partial charge in [0.05, 0.1) is 11.7 Å². The van der Waals surface area contributed by atoms with E-state index in [4.69, 9.17) is 0 Å². The summed E-state index contributed by atoms with van der Waals surface area (Å²) in [5, 5.41) is 15.4. The van der Waals surface area contributed by atoms with E-state index in [1.807, 2.05) is 0 Å². The Morgan fingerprint density at radius 2 is 2.33 bits per heavy atom. The monoisotopic (exact) mass is 316 g/mol. The lowest BCUT2D eigenvalue weighted by Crippen LogP contribution is -2.34. The molecule has 1 aliphatic rings. The fraction of sp³-hybridized carbons (Fsp3) is 0.417. The van der Waals surface area contributed by atoms with Gasteiger partial charge >= 0.3 is 0 Å². The Balaban J connectivity index is 1.95. The van der Waals surface area contributed by atoms with E-state index in [1.165, 1.54) is 18.2 Å². The van der Waals surface area contributed by atoms with Crippen LogP contribution in [0, 0.1) is 11.7 Å². The van der Waals surface area contributed by atoms with Crippen LogP contribution >= 0.6 is 15.9 Å². The van der Waals surface area contributed by atoms with Crippen LogP contribution in [0.1, 0.15) is 10.4 Å². The van der Waals surface area contributed by atoms with Gasteiger partial charge in [0.25, 0.3) is 5.91 Å². The fourth-order valence-corrected chi connectivity index (χ4v) is 2.45. The summed E-state index contributed by atoms with van der Waals surface area (Å²) in [6, 6.07) is 3.92. The number of aliphatic hydroxyl groups is 1. The van der Waals surface area contributed by atoms with E-state index in [9.17, 15) is 14.3 Å². The third kappa shape index (κ3) is 3.07. The summed E-state index contributed by atoms with van der Waals surface area (Å²) in [6.45, 7) is 1.64. The largest absolute Gasteiger partial charge is 0.391 e. The van der Waals surface area contributed by atoms with Crippen LogP contribution in [0.15, 0.2) is 22.7 Å². The molecule has 1 aromatic carbocycles. The third-order valence-electron chi connectivity index (χ3n) is 3.00. The van der Waals surface area contributed by atoms with Crippen LogP contribution in [-0.2, 0) is 0 Å². The normalized spacial score (nSPS) is 23.1. The van der Waals surface area contributed by atoms with Crippen molar-refractivity contribution in [1.82, 2.24) is 10.6 Å². The number of nitrogens with one attached hydrogen (secondary N) is 2. The minimum absolute atomic E-state index is 0.0215. The van der Waals surface area contributed by atoms with Gasteiger partial charge in [0.1, 0.15) is 5.82 Å². The molecule has 0 spiro atoms. The van der Waals surface area contributed by atoms with Crippen molar-refractivity contribution in [2.75, 3.05) is 19.6 Å². The number of aliphatic hydroxyl groups excluding tert-OH is 1. The predicted octanol–water partition coefficient (Wildman–Crippen LogP) is 0.898. The fourth-order valence-electron chi connectivity index (χ4n) is 1.92. The average Bonchev–Trinajstić information content (AvgIpc) is 2.72. The highest BCUT2D eigenvalue weighted by molar-refractivity contribution is 9.10. The van der Waals surface area contributed by atoms with Crippen molar-refractivity contribution in [3.05, 3.63) is 34.1 Å². The van der Waals surface area contributed by atoms with Gasteiger partial charge in [0, 0.05) is 30.0 Å². The molecule has 1 heterocycles. The van der Waals surface area contributed by atoms with Crippen LogP contribution in [0.25, 0.3) is 0 Å². The maximum atomic E-state index is 12.9. The maximum absolute atomic E-state index is 12.9. The van der Waals surface area contributed by atoms with Crippen LogP contribution in [0.5, 0.6) is 0 Å². The molecule has 0 bridgehead atoms. The van der Waals surface area contributed by atoms with Gasteiger partial charge in [-0.3, -0.25) is 4.79 Å². The Labute approximate surface area is 113 Å². The van der Waals surface area contributed by atoms with Gasteiger partial charge in [-0.05, 0) is 34.1 Å². The van der Waals surface area contributed by atoms with Gasteiger partial charge in [-0.25, -0.2) is 4.39 Å². The molecule has 2 rings (SSSR count). The molecule has 1 amide bonds. The van der Waals surface area contributed by atoms with Gasteiger partial charge in [0.2, 0.25) is 0 Å². The van der Waals surface area contributed by atoms with Crippen molar-refractivity contribution < 1.29 is 14.3 Å². The molecule has 6 heteroatoms. The molecule has 1 saturated heterocycles. The molecule has 4 nitrogen and oxygen atoms in total. The predicted molar refractivity (Wildman–Crippen MR) is 68.8 cm³/mol. The van der Waals surface area contributed by atoms with Gasteiger partial charge in [-0.1, -0.05) is 0 Å². The number of carbonyl (C=O) groups excluding carboxylic acids is 1. The Hall–Kier alpha value is -0.980. The minimum Gasteiger partial charge on any atom is -0.391 e. The van der Waals surface area contributed by atoms with Gasteiger partial charge in [-0.15, -0.1) is 0 Å². The molecule has 2 atom stereocenters. The zero-order valence-corrected chi connectivity index (χ0v) is 11.2. The van der Waals surface area contributed by atoms with E-state index >= 15 is 0 Å². The maximum Gasteiger partial charge on any atom is 0.252 e. The topological polar surface area (TPSA) is 61.4 Å². The summed E-state index contributed by atoms with van der Waals surface area (Å²) in [7, 11) is 0. The lowest BCUT2D eigenvalue weighted by Gasteiger charge is -2.14. The van der Waals surface area contributed by atoms with Crippen molar-refractivity contribution in [2.24, 2.45) is 5.92 Å². The quantitative estimate of drug-likeness (QED) is 0.776. The molecule has 0 aliphatic carbocycles. The molecule has 18 heavy (non-hydrogen) atoms. The Kier molecular flexibility index (Phi) is 4.31. The molecule has 0 radical (unpaired) electrons. The van der Waals surface area contributed by atoms with Crippen molar-refractivity contribution in [3.63, 3.8) is 0 Å². The van der Waals surface area contributed by atoms with E-state index in [0.717, 1.165) is 0 Å². The van der Waals surface area contributed by atoms with E-state index < -0.39 is 11.9 Å². The Morgan fingerprint density at radius 3 is 2.94 bits per heavy atom. The molecule has 1 aliphatic heterocycles. The van der Waals surface area contributed by atoms with Crippen molar-refractivity contribution in [3.8, 4) is 0 Å². The molecule has 98 valence electrons. The standard InChI is InChI=1S/C12H14BrFN2O2/c13-10-3-8(14)1-2-9(10)12(18)16-5-7-4-15-6-11(7)17/h1-3,7,11,15,17H,4-6H2,(H,16,18). The number of amides is 1. The number of benzene rings is 1. The highest BCUT2D eigenvalue weighted by atomic mass is 79.9. The van der Waals surface area contributed by atoms with Crippen LogP contribution in [0.3, 0.4) is 0 Å². The molecule has 1 aromatic rings. The smallest absolute Gasteiger partial charge is 0.252 e. The molecule has 0 saturated carbocycles. The summed E-state index contributed by atoms with van der Waals surface area (Å²) in [5.74, 6) is -0.650. The molecule has 3 N–H and O–H groups in total. The highest BCUT2D eigenvalue weighted by Crippen LogP contribution is 2.18. The first-order valence-corrected chi connectivity index (χ1v) is 6.49. The molecule has 0 aromatic heterocycles. The SMILES string of the molecule is O=C(NCC1CNCC1O)c1ccc(F)cc1Br. The number of β-amino-alcohol motifs (C(OH)–C–C–N with tert-alkyl or cyclic N) is 1. The van der Waals surface area contributed by atoms with E-state index in [0.29, 0.717) is 29.7 Å². The van der Waals surface area contributed by atoms with Crippen LogP contribution < -0.4 is 10.6 Å². The summed E-state index contributed by atoms with van der Waals surface area (Å²) >= 11 is 3.15. The second-order valence-electron chi connectivity index (χ2n) is 4.32. The van der Waals surface area contributed by atoms with E-state index in [1.54, 1.807) is 0 Å². The van der Waals surface area contributed by atoms with Crippen molar-refractivity contribution in [1.29, 1.82) is 0 Å². The van der Waals surface area contributed by atoms with Gasteiger partial charge in [-0.2, -0.15) is 0 Å². The highest BCUT2D eigenvalue weighted by Gasteiger charge is 2.25. The molecular formula is C12H14BrFN2O2. The second-order valence-corrected chi connectivity index (χ2v) is 5.17. The summed E-state index contributed by atoms with van der Waals surface area (Å²) in [5.41, 5.74) is 0.386. The zero-order valence-electron chi connectivity index (χ0n) is 9.62. The first-order chi connectivity index (χ1) is 8.58. The summed E-state index contributed by atoms with van der Waals surface area (Å²) in [6.07, 6.45) is -0.429. The number of hydrogen-bond acceptors (Lipinski definition) is 3. The molecular weight excluding hydrogens is 303 g/mol. The van der Waals surface area contributed by atoms with E-state index in [-0.39, 0.29) is 11.8 Å². The number of hydrogen-bond donors (Lipinski definition) is 3. The van der Waals surface area contributed by atoms with Gasteiger partial charge in [0.15, 0.2) is 0 Å². The van der Waals surface area contributed by atoms with E-state index in [2.05, 4.69) is 26.6 Å². The summed E-state index contributed by atoms with van der Waals surface area (Å²) < 4.78 is 13.3. The Bertz CT molecular complexity index is 456. The molecule has 1 fully saturated rings. The Morgan fingerprint density at radius 1 is 1.56 bits per heavy atom. The van der Waals surface area contributed by atoms with Crippen LogP contribution in [0.4, 0.5) is 4.39 Å². The minimum atomic E-state index is -0.429. The number of rotatable bonds is 3. The number of carbonyl (C=O) groups is 1.